The molecule has 174 valence electrons. The van der Waals surface area contributed by atoms with Crippen LogP contribution in [0.1, 0.15) is 18.0 Å². The van der Waals surface area contributed by atoms with Gasteiger partial charge in [0.2, 0.25) is 0 Å². The van der Waals surface area contributed by atoms with Crippen molar-refractivity contribution in [1.82, 2.24) is 13.9 Å². The summed E-state index contributed by atoms with van der Waals surface area (Å²) in [5, 5.41) is 10.2. The Labute approximate surface area is 194 Å². The molecule has 8 nitrogen and oxygen atoms in total. The number of anilines is 1. The Morgan fingerprint density at radius 3 is 2.64 bits per heavy atom. The van der Waals surface area contributed by atoms with E-state index in [4.69, 9.17) is 4.74 Å². The summed E-state index contributed by atoms with van der Waals surface area (Å²) >= 11 is 0. The van der Waals surface area contributed by atoms with E-state index in [1.165, 1.54) is 12.5 Å². The monoisotopic (exact) mass is 468 g/mol. The van der Waals surface area contributed by atoms with Gasteiger partial charge in [-0.05, 0) is 47.4 Å². The van der Waals surface area contributed by atoms with Crippen molar-refractivity contribution in [1.29, 1.82) is 0 Å². The van der Waals surface area contributed by atoms with Crippen molar-refractivity contribution in [2.24, 2.45) is 13.0 Å². The first-order valence-corrected chi connectivity index (χ1v) is 12.4. The third kappa shape index (κ3) is 3.51. The quantitative estimate of drug-likeness (QED) is 0.620. The molecule has 1 fully saturated rings. The van der Waals surface area contributed by atoms with Gasteiger partial charge >= 0.3 is 0 Å². The highest BCUT2D eigenvalue weighted by Crippen LogP contribution is 2.51. The topological polar surface area (TPSA) is 87.9 Å². The number of methoxy groups -OCH3 is 1. The Hall–Kier alpha value is -2.88. The Morgan fingerprint density at radius 1 is 1.15 bits per heavy atom. The van der Waals surface area contributed by atoms with Crippen LogP contribution in [-0.4, -0.2) is 60.7 Å². The van der Waals surface area contributed by atoms with Crippen LogP contribution < -0.4 is 9.64 Å². The molecule has 1 saturated heterocycles. The fourth-order valence-electron chi connectivity index (χ4n) is 5.31. The number of fused-ring (bicyclic) bond motifs is 3. The lowest BCUT2D eigenvalue weighted by atomic mass is 9.81. The number of benzene rings is 2. The number of rotatable bonds is 5. The smallest absolute Gasteiger partial charge is 0.262 e. The van der Waals surface area contributed by atoms with Gasteiger partial charge in [-0.15, -0.1) is 0 Å². The second-order valence-electron chi connectivity index (χ2n) is 8.76. The van der Waals surface area contributed by atoms with Crippen molar-refractivity contribution in [3.05, 3.63) is 60.6 Å². The molecule has 1 aromatic heterocycles. The molecule has 0 unspecified atom stereocenters. The molecule has 0 saturated carbocycles. The molecule has 9 heteroatoms. The highest BCUT2D eigenvalue weighted by molar-refractivity contribution is 7.89. The average Bonchev–Trinajstić information content (AvgIpc) is 3.47. The molecule has 2 aliphatic heterocycles. The van der Waals surface area contributed by atoms with Gasteiger partial charge in [-0.25, -0.2) is 13.4 Å². The minimum atomic E-state index is -3.79. The first-order valence-electron chi connectivity index (χ1n) is 11.0. The van der Waals surface area contributed by atoms with E-state index in [-0.39, 0.29) is 29.6 Å². The molecule has 2 aliphatic rings. The number of sulfonamides is 1. The summed E-state index contributed by atoms with van der Waals surface area (Å²) in [6.07, 6.45) is 3.71. The van der Waals surface area contributed by atoms with E-state index in [2.05, 4.69) is 16.0 Å². The van der Waals surface area contributed by atoms with E-state index in [9.17, 15) is 13.5 Å². The summed E-state index contributed by atoms with van der Waals surface area (Å²) in [4.78, 5) is 6.21. The molecule has 2 aromatic carbocycles. The third-order valence-corrected chi connectivity index (χ3v) is 8.73. The van der Waals surface area contributed by atoms with Gasteiger partial charge in [0.05, 0.1) is 32.1 Å². The van der Waals surface area contributed by atoms with Gasteiger partial charge in [0, 0.05) is 38.4 Å². The number of aryl methyl sites for hydroxylation is 1. The second-order valence-corrected chi connectivity index (χ2v) is 10.6. The number of nitrogens with zero attached hydrogens (tertiary/aromatic N) is 4. The molecule has 5 rings (SSSR count). The molecule has 0 spiro atoms. The minimum Gasteiger partial charge on any atom is -0.497 e. The zero-order chi connectivity index (χ0) is 23.3. The largest absolute Gasteiger partial charge is 0.497 e. The molecule has 1 N–H and O–H groups in total. The van der Waals surface area contributed by atoms with Crippen molar-refractivity contribution in [2.75, 3.05) is 32.2 Å². The zero-order valence-electron chi connectivity index (χ0n) is 18.9. The van der Waals surface area contributed by atoms with Crippen LogP contribution >= 0.6 is 0 Å². The molecular weight excluding hydrogens is 440 g/mol. The summed E-state index contributed by atoms with van der Waals surface area (Å²) < 4.78 is 35.8. The lowest BCUT2D eigenvalue weighted by Gasteiger charge is -2.44. The number of hydrogen-bond donors (Lipinski definition) is 1. The van der Waals surface area contributed by atoms with E-state index < -0.39 is 10.0 Å². The van der Waals surface area contributed by atoms with Crippen LogP contribution in [0.2, 0.25) is 0 Å². The second kappa shape index (κ2) is 8.16. The number of aromatic nitrogens is 2. The molecule has 0 bridgehead atoms. The summed E-state index contributed by atoms with van der Waals surface area (Å²) in [6, 6.07) is 13.4. The predicted molar refractivity (Wildman–Crippen MR) is 126 cm³/mol. The molecule has 0 radical (unpaired) electrons. The van der Waals surface area contributed by atoms with Crippen LogP contribution in [0.4, 0.5) is 5.69 Å². The maximum absolute atomic E-state index is 13.6. The minimum absolute atomic E-state index is 0.0217. The van der Waals surface area contributed by atoms with Gasteiger partial charge in [0.25, 0.3) is 10.0 Å². The fourth-order valence-corrected chi connectivity index (χ4v) is 6.94. The number of imidazole rings is 1. The summed E-state index contributed by atoms with van der Waals surface area (Å²) in [5.74, 6) is 0.743. The molecule has 33 heavy (non-hydrogen) atoms. The number of aliphatic hydroxyl groups is 1. The van der Waals surface area contributed by atoms with E-state index in [1.54, 1.807) is 23.0 Å². The Bertz CT molecular complexity index is 1290. The van der Waals surface area contributed by atoms with Crippen molar-refractivity contribution in [2.45, 2.75) is 23.5 Å². The molecule has 3 aromatic rings. The average molecular weight is 469 g/mol. The Kier molecular flexibility index (Phi) is 5.43. The maximum atomic E-state index is 13.6. The fraction of sp³-hybridized carbons (Fsp3) is 0.375. The van der Waals surface area contributed by atoms with E-state index in [0.717, 1.165) is 28.1 Å². The van der Waals surface area contributed by atoms with Crippen molar-refractivity contribution >= 4 is 15.7 Å². The van der Waals surface area contributed by atoms with E-state index >= 15 is 0 Å². The molecular formula is C24H28N4O4S. The SMILES string of the molecule is COc1cccc(-c2ccc3c(c2)[C@H]2[C@H](CCN2S(=O)(=O)c2cn(C)cn2)[C@@H](CO)N3C)c1. The lowest BCUT2D eigenvalue weighted by Crippen LogP contribution is -2.48. The Balaban J connectivity index is 1.64. The predicted octanol–water partition coefficient (Wildman–Crippen LogP) is 2.66. The van der Waals surface area contributed by atoms with Crippen LogP contribution in [0.25, 0.3) is 11.1 Å². The highest BCUT2D eigenvalue weighted by atomic mass is 32.2. The van der Waals surface area contributed by atoms with Gasteiger partial charge in [-0.1, -0.05) is 18.2 Å². The van der Waals surface area contributed by atoms with Gasteiger partial charge in [0.1, 0.15) is 5.75 Å². The molecule has 0 aliphatic carbocycles. The van der Waals surface area contributed by atoms with Crippen molar-refractivity contribution < 1.29 is 18.3 Å². The van der Waals surface area contributed by atoms with Crippen LogP contribution in [0, 0.1) is 5.92 Å². The number of aliphatic hydroxyl groups excluding tert-OH is 1. The van der Waals surface area contributed by atoms with Crippen molar-refractivity contribution in [3.8, 4) is 16.9 Å². The van der Waals surface area contributed by atoms with Gasteiger partial charge in [-0.3, -0.25) is 0 Å². The summed E-state index contributed by atoms with van der Waals surface area (Å²) in [6.45, 7) is 0.355. The summed E-state index contributed by atoms with van der Waals surface area (Å²) in [7, 11) is 1.58. The lowest BCUT2D eigenvalue weighted by molar-refractivity contribution is 0.193. The first-order chi connectivity index (χ1) is 15.8. The number of hydrogen-bond acceptors (Lipinski definition) is 6. The van der Waals surface area contributed by atoms with Gasteiger partial charge in [-0.2, -0.15) is 4.31 Å². The third-order valence-electron chi connectivity index (χ3n) is 6.96. The van der Waals surface area contributed by atoms with E-state index in [0.29, 0.717) is 13.0 Å². The molecule has 3 heterocycles. The standard InChI is InChI=1S/C24H28N4O4S/c1-26-13-23(25-15-26)33(30,31)28-10-9-19-22(14-29)27(2)21-8-7-17(12-20(21)24(19)28)16-5-4-6-18(11-16)32-3/h4-8,11-13,15,19,22,24,29H,9-10,14H2,1-3H3/t19-,22-,24-/m1/s1. The Morgan fingerprint density at radius 2 is 1.94 bits per heavy atom. The van der Waals surface area contributed by atoms with Crippen LogP contribution in [-0.2, 0) is 17.1 Å². The van der Waals surface area contributed by atoms with Crippen LogP contribution in [0.15, 0.2) is 60.0 Å². The van der Waals surface area contributed by atoms with Crippen molar-refractivity contribution in [3.63, 3.8) is 0 Å². The highest BCUT2D eigenvalue weighted by Gasteiger charge is 2.50. The normalized spacial score (nSPS) is 22.8. The number of likely N-dealkylation sites (N-methyl/N-ethyl adjacent to an activating group) is 1. The molecule has 0 amide bonds. The first kappa shape index (κ1) is 21.9. The maximum Gasteiger partial charge on any atom is 0.262 e. The van der Waals surface area contributed by atoms with Gasteiger partial charge in [0.15, 0.2) is 5.03 Å². The number of ether oxygens (including phenoxy) is 1. The van der Waals surface area contributed by atoms with Crippen LogP contribution in [0.3, 0.4) is 0 Å². The summed E-state index contributed by atoms with van der Waals surface area (Å²) in [5.41, 5.74) is 3.87. The van der Waals surface area contributed by atoms with E-state index in [1.807, 2.05) is 43.4 Å². The molecule has 3 atom stereocenters. The van der Waals surface area contributed by atoms with Gasteiger partial charge < -0.3 is 19.3 Å². The zero-order valence-corrected chi connectivity index (χ0v) is 19.7. The van der Waals surface area contributed by atoms with Crippen LogP contribution in [0.5, 0.6) is 5.75 Å².